The summed E-state index contributed by atoms with van der Waals surface area (Å²) < 4.78 is 27.6. The quantitative estimate of drug-likeness (QED) is 0.207. The van der Waals surface area contributed by atoms with E-state index in [1.54, 1.807) is 58.8 Å². The second-order valence-corrected chi connectivity index (χ2v) is 11.4. The molecule has 1 N–H and O–H groups in total. The smallest absolute Gasteiger partial charge is 0.250 e. The SMILES string of the molecule is COc1ccc(CCN(C(=O)Cn2nnc(-c3ccc(OC)c(OC)c3)n2)C(C(=O)NC2CCCCC2)c2ccc(C)o2)cc1OC. The lowest BCUT2D eigenvalue weighted by Crippen LogP contribution is -2.48. The van der Waals surface area contributed by atoms with Crippen LogP contribution in [0, 0.1) is 6.92 Å². The molecule has 1 saturated carbocycles. The van der Waals surface area contributed by atoms with Gasteiger partial charge in [-0.15, -0.1) is 10.2 Å². The number of nitrogens with one attached hydrogen (secondary N) is 1. The lowest BCUT2D eigenvalue weighted by Gasteiger charge is -2.32. The van der Waals surface area contributed by atoms with Crippen molar-refractivity contribution in [1.82, 2.24) is 30.4 Å². The molecule has 0 bridgehead atoms. The molecule has 5 rings (SSSR count). The van der Waals surface area contributed by atoms with Gasteiger partial charge < -0.3 is 33.6 Å². The van der Waals surface area contributed by atoms with Crippen LogP contribution in [0.2, 0.25) is 0 Å². The normalized spacial score (nSPS) is 13.9. The Morgan fingerprint density at radius 2 is 1.60 bits per heavy atom. The Morgan fingerprint density at radius 1 is 0.915 bits per heavy atom. The molecule has 0 spiro atoms. The summed E-state index contributed by atoms with van der Waals surface area (Å²) in [6, 6.07) is 13.4. The molecule has 1 aliphatic rings. The van der Waals surface area contributed by atoms with Crippen LogP contribution in [0.15, 0.2) is 52.9 Å². The number of carbonyl (C=O) groups excluding carboxylic acids is 2. The van der Waals surface area contributed by atoms with Crippen LogP contribution in [0.25, 0.3) is 11.4 Å². The highest BCUT2D eigenvalue weighted by Crippen LogP contribution is 2.32. The third-order valence-corrected chi connectivity index (χ3v) is 8.32. The van der Waals surface area contributed by atoms with Crippen molar-refractivity contribution >= 4 is 11.8 Å². The van der Waals surface area contributed by atoms with E-state index in [-0.39, 0.29) is 30.9 Å². The van der Waals surface area contributed by atoms with Gasteiger partial charge in [-0.25, -0.2) is 0 Å². The molecule has 13 nitrogen and oxygen atoms in total. The minimum absolute atomic E-state index is 0.0404. The van der Waals surface area contributed by atoms with Crippen molar-refractivity contribution in [3.05, 3.63) is 65.6 Å². The van der Waals surface area contributed by atoms with Gasteiger partial charge >= 0.3 is 0 Å². The average molecular weight is 647 g/mol. The van der Waals surface area contributed by atoms with Crippen LogP contribution in [-0.2, 0) is 22.6 Å². The largest absolute Gasteiger partial charge is 0.493 e. The molecule has 0 aliphatic heterocycles. The lowest BCUT2D eigenvalue weighted by molar-refractivity contribution is -0.142. The Morgan fingerprint density at radius 3 is 2.26 bits per heavy atom. The summed E-state index contributed by atoms with van der Waals surface area (Å²) >= 11 is 0. The maximum atomic E-state index is 14.2. The fourth-order valence-corrected chi connectivity index (χ4v) is 5.85. The third-order valence-electron chi connectivity index (χ3n) is 8.32. The van der Waals surface area contributed by atoms with E-state index in [4.69, 9.17) is 23.4 Å². The molecule has 1 atom stereocenters. The van der Waals surface area contributed by atoms with Gasteiger partial charge in [-0.3, -0.25) is 9.59 Å². The van der Waals surface area contributed by atoms with Crippen molar-refractivity contribution in [2.24, 2.45) is 0 Å². The maximum absolute atomic E-state index is 14.2. The Bertz CT molecular complexity index is 1660. The molecule has 250 valence electrons. The molecule has 4 aromatic rings. The van der Waals surface area contributed by atoms with E-state index in [1.807, 2.05) is 25.1 Å². The minimum Gasteiger partial charge on any atom is -0.493 e. The number of aryl methyl sites for hydroxylation is 1. The Hall–Kier alpha value is -5.07. The number of tetrazole rings is 1. The van der Waals surface area contributed by atoms with Gasteiger partial charge in [0.2, 0.25) is 11.7 Å². The summed E-state index contributed by atoms with van der Waals surface area (Å²) in [5.74, 6) is 2.92. The number of furan rings is 1. The first-order valence-corrected chi connectivity index (χ1v) is 15.7. The predicted molar refractivity (Wildman–Crippen MR) is 173 cm³/mol. The van der Waals surface area contributed by atoms with Crippen LogP contribution in [0.1, 0.15) is 55.2 Å². The second kappa shape index (κ2) is 15.5. The van der Waals surface area contributed by atoms with Gasteiger partial charge in [0.15, 0.2) is 29.0 Å². The monoisotopic (exact) mass is 646 g/mol. The van der Waals surface area contributed by atoms with Crippen LogP contribution in [0.3, 0.4) is 0 Å². The summed E-state index contributed by atoms with van der Waals surface area (Å²) in [6.45, 7) is 1.76. The molecule has 0 saturated heterocycles. The van der Waals surface area contributed by atoms with E-state index in [9.17, 15) is 9.59 Å². The van der Waals surface area contributed by atoms with Crippen LogP contribution in [-0.4, -0.2) is 77.9 Å². The zero-order chi connectivity index (χ0) is 33.3. The van der Waals surface area contributed by atoms with Gasteiger partial charge in [-0.1, -0.05) is 25.3 Å². The van der Waals surface area contributed by atoms with Crippen LogP contribution >= 0.6 is 0 Å². The molecular formula is C34H42N6O7. The summed E-state index contributed by atoms with van der Waals surface area (Å²) in [4.78, 5) is 31.0. The van der Waals surface area contributed by atoms with Gasteiger partial charge in [-0.2, -0.15) is 4.80 Å². The first kappa shape index (κ1) is 33.3. The van der Waals surface area contributed by atoms with Crippen molar-refractivity contribution in [2.75, 3.05) is 35.0 Å². The topological polar surface area (TPSA) is 143 Å². The number of benzene rings is 2. The number of methoxy groups -OCH3 is 4. The van der Waals surface area contributed by atoms with E-state index in [1.165, 1.54) is 9.70 Å². The van der Waals surface area contributed by atoms with Crippen LogP contribution < -0.4 is 24.3 Å². The number of aromatic nitrogens is 4. The molecule has 47 heavy (non-hydrogen) atoms. The van der Waals surface area contributed by atoms with Crippen molar-refractivity contribution in [2.45, 2.75) is 64.1 Å². The average Bonchev–Trinajstić information content (AvgIpc) is 3.75. The van der Waals surface area contributed by atoms with E-state index in [0.717, 1.165) is 37.7 Å². The fourth-order valence-electron chi connectivity index (χ4n) is 5.85. The molecule has 13 heteroatoms. The summed E-state index contributed by atoms with van der Waals surface area (Å²) in [6.07, 6.45) is 5.49. The first-order chi connectivity index (χ1) is 22.8. The second-order valence-electron chi connectivity index (χ2n) is 11.4. The molecular weight excluding hydrogens is 604 g/mol. The molecule has 2 heterocycles. The highest BCUT2D eigenvalue weighted by atomic mass is 16.5. The van der Waals surface area contributed by atoms with Crippen molar-refractivity contribution in [3.8, 4) is 34.4 Å². The van der Waals surface area contributed by atoms with E-state index in [0.29, 0.717) is 52.3 Å². The van der Waals surface area contributed by atoms with Crippen LogP contribution in [0.4, 0.5) is 0 Å². The highest BCUT2D eigenvalue weighted by Gasteiger charge is 2.35. The maximum Gasteiger partial charge on any atom is 0.250 e. The molecule has 2 aromatic heterocycles. The number of hydrogen-bond donors (Lipinski definition) is 1. The van der Waals surface area contributed by atoms with Crippen molar-refractivity contribution < 1.29 is 33.0 Å². The summed E-state index contributed by atoms with van der Waals surface area (Å²) in [7, 11) is 6.25. The number of nitrogens with zero attached hydrogens (tertiary/aromatic N) is 5. The molecule has 1 aliphatic carbocycles. The van der Waals surface area contributed by atoms with Crippen molar-refractivity contribution in [1.29, 1.82) is 0 Å². The zero-order valence-corrected chi connectivity index (χ0v) is 27.5. The highest BCUT2D eigenvalue weighted by molar-refractivity contribution is 5.88. The predicted octanol–water partition coefficient (Wildman–Crippen LogP) is 4.54. The molecule has 1 unspecified atom stereocenters. The van der Waals surface area contributed by atoms with Gasteiger partial charge in [-0.05, 0) is 79.4 Å². The first-order valence-electron chi connectivity index (χ1n) is 15.7. The summed E-state index contributed by atoms with van der Waals surface area (Å²) in [5.41, 5.74) is 1.54. The number of ether oxygens (including phenoxy) is 4. The minimum atomic E-state index is -1.01. The van der Waals surface area contributed by atoms with Crippen molar-refractivity contribution in [3.63, 3.8) is 0 Å². The molecule has 2 amide bonds. The molecule has 1 fully saturated rings. The number of amides is 2. The third kappa shape index (κ3) is 8.02. The van der Waals surface area contributed by atoms with E-state index >= 15 is 0 Å². The standard InChI is InChI=1S/C34H42N6O7/c1-22-11-14-28(47-22)32(34(42)35-25-9-7-6-8-10-25)39(18-17-23-12-15-26(43-2)29(19-23)45-4)31(41)21-40-37-33(36-38-40)24-13-16-27(44-3)30(20-24)46-5/h11-16,19-20,25,32H,6-10,17-18,21H2,1-5H3,(H,35,42). The summed E-state index contributed by atoms with van der Waals surface area (Å²) in [5, 5.41) is 16.0. The lowest BCUT2D eigenvalue weighted by atomic mass is 9.95. The van der Waals surface area contributed by atoms with Gasteiger partial charge in [0, 0.05) is 18.2 Å². The van der Waals surface area contributed by atoms with E-state index < -0.39 is 6.04 Å². The molecule has 2 aromatic carbocycles. The zero-order valence-electron chi connectivity index (χ0n) is 27.5. The number of rotatable bonds is 14. The number of carbonyl (C=O) groups is 2. The van der Waals surface area contributed by atoms with Gasteiger partial charge in [0.1, 0.15) is 18.1 Å². The van der Waals surface area contributed by atoms with Gasteiger partial charge in [0.05, 0.1) is 28.4 Å². The van der Waals surface area contributed by atoms with E-state index in [2.05, 4.69) is 20.7 Å². The number of hydrogen-bond acceptors (Lipinski definition) is 10. The van der Waals surface area contributed by atoms with Gasteiger partial charge in [0.25, 0.3) is 5.91 Å². The fraction of sp³-hybridized carbons (Fsp3) is 0.441. The Labute approximate surface area is 274 Å². The van der Waals surface area contributed by atoms with Crippen LogP contribution in [0.5, 0.6) is 23.0 Å². The Balaban J connectivity index is 1.44. The Kier molecular flexibility index (Phi) is 11.0. The molecule has 0 radical (unpaired) electrons.